The molecule has 0 aliphatic heterocycles. The van der Waals surface area contributed by atoms with Crippen LogP contribution in [0.25, 0.3) is 0 Å². The van der Waals surface area contributed by atoms with Crippen LogP contribution in [0.1, 0.15) is 33.1 Å². The first-order chi connectivity index (χ1) is 7.57. The maximum atomic E-state index is 11.5. The zero-order chi connectivity index (χ0) is 12.4. The number of unbranched alkanes of at least 4 members (excludes halogenated alkanes) is 1. The quantitative estimate of drug-likeness (QED) is 0.589. The largest absolute Gasteiger partial charge is 0.355 e. The number of amides is 1. The molecule has 0 aromatic carbocycles. The van der Waals surface area contributed by atoms with Crippen molar-refractivity contribution >= 4 is 16.7 Å². The second-order valence-electron chi connectivity index (χ2n) is 3.95. The van der Waals surface area contributed by atoms with E-state index in [0.717, 1.165) is 32.4 Å². The zero-order valence-electron chi connectivity index (χ0n) is 10.5. The van der Waals surface area contributed by atoms with Crippen LogP contribution in [0.3, 0.4) is 0 Å². The molecule has 0 aliphatic rings. The maximum Gasteiger partial charge on any atom is 0.236 e. The summed E-state index contributed by atoms with van der Waals surface area (Å²) in [7, 11) is -0.738. The molecule has 2 unspecified atom stereocenters. The molecule has 0 aliphatic carbocycles. The Bertz CT molecular complexity index is 222. The normalized spacial score (nSPS) is 14.4. The molecule has 4 nitrogen and oxygen atoms in total. The van der Waals surface area contributed by atoms with Crippen LogP contribution >= 0.6 is 0 Å². The Hall–Kier alpha value is -0.420. The lowest BCUT2D eigenvalue weighted by Crippen LogP contribution is -2.42. The summed E-state index contributed by atoms with van der Waals surface area (Å²) in [5.41, 5.74) is 0. The zero-order valence-corrected chi connectivity index (χ0v) is 11.4. The van der Waals surface area contributed by atoms with E-state index >= 15 is 0 Å². The van der Waals surface area contributed by atoms with Gasteiger partial charge in [0.15, 0.2) is 0 Å². The van der Waals surface area contributed by atoms with Crippen LogP contribution in [-0.2, 0) is 15.6 Å². The molecule has 96 valence electrons. The Kier molecular flexibility index (Phi) is 9.52. The summed E-state index contributed by atoms with van der Waals surface area (Å²) >= 11 is 0. The molecule has 0 spiro atoms. The molecule has 0 saturated carbocycles. The standard InChI is InChI=1S/C11H24N2O2S/c1-4-5-7-13-11(14)10(2)12-8-6-9-16(3)15/h10,12H,4-9H2,1-3H3,(H,13,14). The highest BCUT2D eigenvalue weighted by Crippen LogP contribution is 1.88. The fourth-order valence-corrected chi connectivity index (χ4v) is 1.78. The van der Waals surface area contributed by atoms with Gasteiger partial charge in [-0.1, -0.05) is 13.3 Å². The molecule has 16 heavy (non-hydrogen) atoms. The number of carbonyl (C=O) groups excluding carboxylic acids is 1. The summed E-state index contributed by atoms with van der Waals surface area (Å²) in [6.45, 7) is 5.44. The van der Waals surface area contributed by atoms with E-state index in [1.807, 2.05) is 6.92 Å². The van der Waals surface area contributed by atoms with Crippen molar-refractivity contribution in [2.24, 2.45) is 0 Å². The molecular formula is C11H24N2O2S. The highest BCUT2D eigenvalue weighted by atomic mass is 32.2. The predicted molar refractivity (Wildman–Crippen MR) is 68.9 cm³/mol. The van der Waals surface area contributed by atoms with Crippen molar-refractivity contribution in [3.63, 3.8) is 0 Å². The minimum Gasteiger partial charge on any atom is -0.355 e. The predicted octanol–water partition coefficient (Wildman–Crippen LogP) is 0.649. The lowest BCUT2D eigenvalue weighted by atomic mass is 10.3. The van der Waals surface area contributed by atoms with Crippen molar-refractivity contribution in [3.8, 4) is 0 Å². The van der Waals surface area contributed by atoms with Gasteiger partial charge in [-0.3, -0.25) is 9.00 Å². The van der Waals surface area contributed by atoms with E-state index < -0.39 is 10.8 Å². The van der Waals surface area contributed by atoms with E-state index in [4.69, 9.17) is 0 Å². The van der Waals surface area contributed by atoms with Crippen LogP contribution in [0.15, 0.2) is 0 Å². The summed E-state index contributed by atoms with van der Waals surface area (Å²) in [6.07, 6.45) is 4.65. The SMILES string of the molecule is CCCCNC(=O)C(C)NCCCS(C)=O. The first-order valence-electron chi connectivity index (χ1n) is 5.89. The molecule has 1 amide bonds. The number of hydrogen-bond donors (Lipinski definition) is 2. The molecule has 0 bridgehead atoms. The van der Waals surface area contributed by atoms with Gasteiger partial charge in [-0.2, -0.15) is 0 Å². The summed E-state index contributed by atoms with van der Waals surface area (Å²) in [6, 6.07) is -0.165. The Morgan fingerprint density at radius 1 is 1.31 bits per heavy atom. The molecule has 0 rings (SSSR count). The van der Waals surface area contributed by atoms with E-state index in [-0.39, 0.29) is 11.9 Å². The number of nitrogens with one attached hydrogen (secondary N) is 2. The van der Waals surface area contributed by atoms with Crippen molar-refractivity contribution in [3.05, 3.63) is 0 Å². The Labute approximate surface area is 101 Å². The lowest BCUT2D eigenvalue weighted by molar-refractivity contribution is -0.122. The van der Waals surface area contributed by atoms with Gasteiger partial charge in [-0.25, -0.2) is 0 Å². The fraction of sp³-hybridized carbons (Fsp3) is 0.909. The highest BCUT2D eigenvalue weighted by molar-refractivity contribution is 7.84. The topological polar surface area (TPSA) is 58.2 Å². The van der Waals surface area contributed by atoms with Gasteiger partial charge in [-0.05, 0) is 26.3 Å². The third-order valence-electron chi connectivity index (χ3n) is 2.28. The van der Waals surface area contributed by atoms with Gasteiger partial charge in [-0.15, -0.1) is 0 Å². The monoisotopic (exact) mass is 248 g/mol. The number of rotatable bonds is 9. The summed E-state index contributed by atoms with van der Waals surface area (Å²) in [4.78, 5) is 11.5. The van der Waals surface area contributed by atoms with Crippen molar-refractivity contribution in [2.75, 3.05) is 25.1 Å². The maximum absolute atomic E-state index is 11.5. The third kappa shape index (κ3) is 8.85. The van der Waals surface area contributed by atoms with Gasteiger partial charge < -0.3 is 10.6 Å². The van der Waals surface area contributed by atoms with Crippen LogP contribution in [0.2, 0.25) is 0 Å². The molecule has 0 fully saturated rings. The average molecular weight is 248 g/mol. The number of hydrogen-bond acceptors (Lipinski definition) is 3. The minimum absolute atomic E-state index is 0.0473. The molecular weight excluding hydrogens is 224 g/mol. The molecule has 2 atom stereocenters. The minimum atomic E-state index is -0.738. The molecule has 5 heteroatoms. The summed E-state index contributed by atoms with van der Waals surface area (Å²) in [5.74, 6) is 0.739. The molecule has 2 N–H and O–H groups in total. The van der Waals surface area contributed by atoms with Gasteiger partial charge in [0.2, 0.25) is 5.91 Å². The second-order valence-corrected chi connectivity index (χ2v) is 5.51. The summed E-state index contributed by atoms with van der Waals surface area (Å²) < 4.78 is 10.8. The van der Waals surface area contributed by atoms with Gasteiger partial charge in [0, 0.05) is 29.4 Å². The van der Waals surface area contributed by atoms with Gasteiger partial charge in [0.05, 0.1) is 6.04 Å². The lowest BCUT2D eigenvalue weighted by Gasteiger charge is -2.13. The first kappa shape index (κ1) is 15.6. The molecule has 0 radical (unpaired) electrons. The van der Waals surface area contributed by atoms with Gasteiger partial charge >= 0.3 is 0 Å². The first-order valence-corrected chi connectivity index (χ1v) is 7.61. The molecule has 0 aromatic heterocycles. The number of carbonyl (C=O) groups is 1. The van der Waals surface area contributed by atoms with Crippen molar-refractivity contribution in [2.45, 2.75) is 39.2 Å². The van der Waals surface area contributed by atoms with Crippen molar-refractivity contribution in [1.82, 2.24) is 10.6 Å². The summed E-state index contributed by atoms with van der Waals surface area (Å²) in [5, 5.41) is 5.99. The second kappa shape index (κ2) is 9.78. The van der Waals surface area contributed by atoms with Crippen LogP contribution in [0.5, 0.6) is 0 Å². The Morgan fingerprint density at radius 3 is 2.56 bits per heavy atom. The van der Waals surface area contributed by atoms with Crippen LogP contribution in [-0.4, -0.2) is 41.3 Å². The molecule has 0 aromatic rings. The van der Waals surface area contributed by atoms with E-state index in [1.54, 1.807) is 6.26 Å². The van der Waals surface area contributed by atoms with E-state index in [0.29, 0.717) is 5.75 Å². The van der Waals surface area contributed by atoms with Crippen molar-refractivity contribution in [1.29, 1.82) is 0 Å². The van der Waals surface area contributed by atoms with Crippen molar-refractivity contribution < 1.29 is 9.00 Å². The fourth-order valence-electron chi connectivity index (χ4n) is 1.23. The van der Waals surface area contributed by atoms with E-state index in [1.165, 1.54) is 0 Å². The Morgan fingerprint density at radius 2 is 2.00 bits per heavy atom. The van der Waals surface area contributed by atoms with E-state index in [9.17, 15) is 9.00 Å². The highest BCUT2D eigenvalue weighted by Gasteiger charge is 2.10. The van der Waals surface area contributed by atoms with Gasteiger partial charge in [0.1, 0.15) is 0 Å². The third-order valence-corrected chi connectivity index (χ3v) is 3.15. The van der Waals surface area contributed by atoms with E-state index in [2.05, 4.69) is 17.6 Å². The molecule has 0 heterocycles. The average Bonchev–Trinajstić information content (AvgIpc) is 2.24. The van der Waals surface area contributed by atoms with Crippen LogP contribution in [0, 0.1) is 0 Å². The Balaban J connectivity index is 3.51. The van der Waals surface area contributed by atoms with Crippen LogP contribution in [0.4, 0.5) is 0 Å². The van der Waals surface area contributed by atoms with Gasteiger partial charge in [0.25, 0.3) is 0 Å². The smallest absolute Gasteiger partial charge is 0.236 e. The molecule has 0 saturated heterocycles. The van der Waals surface area contributed by atoms with Crippen LogP contribution < -0.4 is 10.6 Å².